The van der Waals surface area contributed by atoms with E-state index >= 15 is 0 Å². The first kappa shape index (κ1) is 11.6. The molecule has 0 bridgehead atoms. The van der Waals surface area contributed by atoms with Crippen molar-refractivity contribution in [3.05, 3.63) is 18.0 Å². The highest BCUT2D eigenvalue weighted by Crippen LogP contribution is 2.08. The van der Waals surface area contributed by atoms with Crippen LogP contribution in [0, 0.1) is 0 Å². The topological polar surface area (TPSA) is 39.1 Å². The Morgan fingerprint density at radius 3 is 3.12 bits per heavy atom. The van der Waals surface area contributed by atoms with Crippen LogP contribution in [-0.4, -0.2) is 29.0 Å². The highest BCUT2D eigenvalue weighted by molar-refractivity contribution is 5.04. The zero-order chi connectivity index (χ0) is 11.4. The second kappa shape index (κ2) is 5.46. The summed E-state index contributed by atoms with van der Waals surface area (Å²) < 4.78 is 7.43. The van der Waals surface area contributed by atoms with Crippen molar-refractivity contribution in [2.75, 3.05) is 13.2 Å². The van der Waals surface area contributed by atoms with Crippen molar-refractivity contribution >= 4 is 0 Å². The molecule has 1 unspecified atom stereocenters. The minimum absolute atomic E-state index is 0.437. The molecule has 2 rings (SSSR count). The van der Waals surface area contributed by atoms with Crippen LogP contribution in [0.3, 0.4) is 0 Å². The SMILES string of the molecule is CC(C)n1cc(CNC2CCCOC2)cn1. The number of hydrogen-bond acceptors (Lipinski definition) is 3. The van der Waals surface area contributed by atoms with E-state index in [1.54, 1.807) is 0 Å². The van der Waals surface area contributed by atoms with Gasteiger partial charge in [0.1, 0.15) is 0 Å². The van der Waals surface area contributed by atoms with Gasteiger partial charge in [-0.2, -0.15) is 5.10 Å². The molecular formula is C12H21N3O. The van der Waals surface area contributed by atoms with Crippen molar-refractivity contribution in [1.29, 1.82) is 0 Å². The van der Waals surface area contributed by atoms with Gasteiger partial charge in [0.15, 0.2) is 0 Å². The van der Waals surface area contributed by atoms with Crippen LogP contribution in [0.1, 0.15) is 38.3 Å². The van der Waals surface area contributed by atoms with Crippen molar-refractivity contribution in [3.8, 4) is 0 Å². The predicted molar refractivity (Wildman–Crippen MR) is 63.3 cm³/mol. The highest BCUT2D eigenvalue weighted by atomic mass is 16.5. The van der Waals surface area contributed by atoms with Crippen molar-refractivity contribution in [2.24, 2.45) is 0 Å². The monoisotopic (exact) mass is 223 g/mol. The zero-order valence-electron chi connectivity index (χ0n) is 10.1. The molecule has 1 aliphatic heterocycles. The lowest BCUT2D eigenvalue weighted by atomic mass is 10.1. The molecule has 1 atom stereocenters. The van der Waals surface area contributed by atoms with Gasteiger partial charge < -0.3 is 10.1 Å². The number of nitrogens with zero attached hydrogens (tertiary/aromatic N) is 2. The lowest BCUT2D eigenvalue weighted by molar-refractivity contribution is 0.0699. The van der Waals surface area contributed by atoms with Gasteiger partial charge in [0.05, 0.1) is 12.8 Å². The average molecular weight is 223 g/mol. The Morgan fingerprint density at radius 2 is 2.50 bits per heavy atom. The first-order valence-corrected chi connectivity index (χ1v) is 6.10. The Kier molecular flexibility index (Phi) is 3.96. The molecule has 1 N–H and O–H groups in total. The van der Waals surface area contributed by atoms with Gasteiger partial charge in [-0.25, -0.2) is 0 Å². The molecule has 16 heavy (non-hydrogen) atoms. The Morgan fingerprint density at radius 1 is 1.62 bits per heavy atom. The number of nitrogens with one attached hydrogen (secondary N) is 1. The van der Waals surface area contributed by atoms with Gasteiger partial charge in [0.25, 0.3) is 0 Å². The van der Waals surface area contributed by atoms with Crippen LogP contribution in [-0.2, 0) is 11.3 Å². The Bertz CT molecular complexity index is 316. The molecule has 2 heterocycles. The molecule has 4 nitrogen and oxygen atoms in total. The predicted octanol–water partition coefficient (Wildman–Crippen LogP) is 1.73. The molecule has 0 spiro atoms. The van der Waals surface area contributed by atoms with Crippen molar-refractivity contribution < 1.29 is 4.74 Å². The van der Waals surface area contributed by atoms with E-state index in [0.717, 1.165) is 19.8 Å². The fraction of sp³-hybridized carbons (Fsp3) is 0.750. The summed E-state index contributed by atoms with van der Waals surface area (Å²) in [5, 5.41) is 7.84. The third kappa shape index (κ3) is 3.06. The molecule has 0 saturated carbocycles. The highest BCUT2D eigenvalue weighted by Gasteiger charge is 2.13. The lowest BCUT2D eigenvalue weighted by Crippen LogP contribution is -2.36. The van der Waals surface area contributed by atoms with Gasteiger partial charge in [0, 0.05) is 37.0 Å². The summed E-state index contributed by atoms with van der Waals surface area (Å²) in [6, 6.07) is 0.947. The van der Waals surface area contributed by atoms with Crippen molar-refractivity contribution in [3.63, 3.8) is 0 Å². The minimum Gasteiger partial charge on any atom is -0.380 e. The quantitative estimate of drug-likeness (QED) is 0.845. The minimum atomic E-state index is 0.437. The molecule has 1 aliphatic rings. The first-order chi connectivity index (χ1) is 7.75. The van der Waals surface area contributed by atoms with Gasteiger partial charge >= 0.3 is 0 Å². The number of ether oxygens (including phenoxy) is 1. The number of hydrogen-bond donors (Lipinski definition) is 1. The van der Waals surface area contributed by atoms with Crippen molar-refractivity contribution in [2.45, 2.75) is 45.3 Å². The van der Waals surface area contributed by atoms with Gasteiger partial charge in [-0.3, -0.25) is 4.68 Å². The largest absolute Gasteiger partial charge is 0.380 e. The molecule has 0 aromatic carbocycles. The van der Waals surface area contributed by atoms with Gasteiger partial charge in [-0.15, -0.1) is 0 Å². The summed E-state index contributed by atoms with van der Waals surface area (Å²) in [5.41, 5.74) is 1.25. The first-order valence-electron chi connectivity index (χ1n) is 6.10. The molecule has 1 aromatic rings. The maximum absolute atomic E-state index is 5.43. The van der Waals surface area contributed by atoms with Crippen LogP contribution >= 0.6 is 0 Å². The zero-order valence-corrected chi connectivity index (χ0v) is 10.1. The van der Waals surface area contributed by atoms with Gasteiger partial charge in [-0.1, -0.05) is 0 Å². The van der Waals surface area contributed by atoms with E-state index in [1.165, 1.54) is 18.4 Å². The second-order valence-corrected chi connectivity index (χ2v) is 4.72. The van der Waals surface area contributed by atoms with E-state index in [9.17, 15) is 0 Å². The Labute approximate surface area is 97.0 Å². The van der Waals surface area contributed by atoms with E-state index in [1.807, 2.05) is 10.9 Å². The molecule has 1 fully saturated rings. The molecule has 90 valence electrons. The van der Waals surface area contributed by atoms with E-state index in [2.05, 4.69) is 30.5 Å². The maximum Gasteiger partial charge on any atom is 0.0619 e. The smallest absolute Gasteiger partial charge is 0.0619 e. The van der Waals surface area contributed by atoms with Crippen LogP contribution in [0.25, 0.3) is 0 Å². The molecule has 1 aromatic heterocycles. The number of rotatable bonds is 4. The fourth-order valence-electron chi connectivity index (χ4n) is 1.91. The summed E-state index contributed by atoms with van der Waals surface area (Å²) in [5.74, 6) is 0. The fourth-order valence-corrected chi connectivity index (χ4v) is 1.91. The molecule has 4 heteroatoms. The van der Waals surface area contributed by atoms with Crippen molar-refractivity contribution in [1.82, 2.24) is 15.1 Å². The molecular weight excluding hydrogens is 202 g/mol. The van der Waals surface area contributed by atoms with E-state index < -0.39 is 0 Å². The number of aromatic nitrogens is 2. The van der Waals surface area contributed by atoms with Crippen LogP contribution in [0.5, 0.6) is 0 Å². The lowest BCUT2D eigenvalue weighted by Gasteiger charge is -2.22. The summed E-state index contributed by atoms with van der Waals surface area (Å²) in [6.07, 6.45) is 6.44. The Balaban J connectivity index is 1.79. The second-order valence-electron chi connectivity index (χ2n) is 4.72. The molecule has 0 radical (unpaired) electrons. The van der Waals surface area contributed by atoms with E-state index in [-0.39, 0.29) is 0 Å². The average Bonchev–Trinajstić information content (AvgIpc) is 2.76. The molecule has 1 saturated heterocycles. The normalized spacial score (nSPS) is 21.6. The summed E-state index contributed by atoms with van der Waals surface area (Å²) >= 11 is 0. The van der Waals surface area contributed by atoms with Gasteiger partial charge in [0.2, 0.25) is 0 Å². The van der Waals surface area contributed by atoms with Crippen LogP contribution in [0.15, 0.2) is 12.4 Å². The molecule has 0 amide bonds. The van der Waals surface area contributed by atoms with Gasteiger partial charge in [-0.05, 0) is 26.7 Å². The summed E-state index contributed by atoms with van der Waals surface area (Å²) in [6.45, 7) is 6.93. The van der Waals surface area contributed by atoms with Crippen LogP contribution in [0.4, 0.5) is 0 Å². The van der Waals surface area contributed by atoms with E-state index in [0.29, 0.717) is 12.1 Å². The van der Waals surface area contributed by atoms with E-state index in [4.69, 9.17) is 4.74 Å². The third-order valence-electron chi connectivity index (χ3n) is 2.94. The summed E-state index contributed by atoms with van der Waals surface area (Å²) in [7, 11) is 0. The molecule has 0 aliphatic carbocycles. The van der Waals surface area contributed by atoms with Crippen LogP contribution in [0.2, 0.25) is 0 Å². The maximum atomic E-state index is 5.43. The third-order valence-corrected chi connectivity index (χ3v) is 2.94. The Hall–Kier alpha value is -0.870. The standard InChI is InChI=1S/C12H21N3O/c1-10(2)15-8-11(7-14-15)6-13-12-4-3-5-16-9-12/h7-8,10,12-13H,3-6,9H2,1-2H3. The van der Waals surface area contributed by atoms with Crippen LogP contribution < -0.4 is 5.32 Å². The summed E-state index contributed by atoms with van der Waals surface area (Å²) in [4.78, 5) is 0.